The van der Waals surface area contributed by atoms with Gasteiger partial charge in [-0.25, -0.2) is 27.0 Å². The van der Waals surface area contributed by atoms with Crippen LogP contribution in [0.2, 0.25) is 5.02 Å². The Morgan fingerprint density at radius 2 is 1.82 bits per heavy atom. The van der Waals surface area contributed by atoms with E-state index in [-0.39, 0.29) is 31.2 Å². The molecule has 4 aliphatic rings. The van der Waals surface area contributed by atoms with Crippen LogP contribution in [-0.2, 0) is 29.1 Å². The molecule has 7 unspecified atom stereocenters. The van der Waals surface area contributed by atoms with Gasteiger partial charge in [0.25, 0.3) is 11.8 Å². The number of aromatic nitrogens is 3. The van der Waals surface area contributed by atoms with Crippen molar-refractivity contribution in [1.29, 1.82) is 0 Å². The van der Waals surface area contributed by atoms with Gasteiger partial charge in [0.15, 0.2) is 5.60 Å². The van der Waals surface area contributed by atoms with Gasteiger partial charge in [-0.15, -0.1) is 0 Å². The van der Waals surface area contributed by atoms with E-state index in [0.29, 0.717) is 66.4 Å². The maximum absolute atomic E-state index is 14.9. The molecule has 7 atom stereocenters. The second-order valence-electron chi connectivity index (χ2n) is 18.0. The topological polar surface area (TPSA) is 190 Å². The highest BCUT2D eigenvalue weighted by molar-refractivity contribution is 7.91. The van der Waals surface area contributed by atoms with Crippen LogP contribution in [0.4, 0.5) is 13.6 Å². The van der Waals surface area contributed by atoms with Crippen LogP contribution < -0.4 is 20.1 Å². The van der Waals surface area contributed by atoms with Crippen molar-refractivity contribution >= 4 is 62.1 Å². The molecule has 0 bridgehead atoms. The van der Waals surface area contributed by atoms with Gasteiger partial charge in [-0.1, -0.05) is 37.6 Å². The van der Waals surface area contributed by atoms with Gasteiger partial charge in [0.2, 0.25) is 33.5 Å². The van der Waals surface area contributed by atoms with Gasteiger partial charge in [-0.3, -0.25) is 23.5 Å². The third-order valence-electron chi connectivity index (χ3n) is 12.7. The molecule has 0 radical (unpaired) electrons. The molecule has 15 nitrogen and oxygen atoms in total. The first-order valence-corrected chi connectivity index (χ1v) is 22.1. The Morgan fingerprint density at radius 1 is 1.10 bits per heavy atom. The van der Waals surface area contributed by atoms with E-state index in [1.54, 1.807) is 36.4 Å². The summed E-state index contributed by atoms with van der Waals surface area (Å²) in [6.07, 6.45) is 5.83. The zero-order chi connectivity index (χ0) is 43.7. The number of benzene rings is 1. The summed E-state index contributed by atoms with van der Waals surface area (Å²) in [5, 5.41) is 6.32. The number of alkyl halides is 2. The number of nitrogens with zero attached hydrogens (tertiary/aromatic N) is 4. The molecule has 1 aromatic carbocycles. The Kier molecular flexibility index (Phi) is 11.2. The highest BCUT2D eigenvalue weighted by Gasteiger charge is 2.63. The number of alkyl carbamates (subject to hydrolysis) is 1. The minimum absolute atomic E-state index is 0.00798. The molecule has 4 amide bonds. The summed E-state index contributed by atoms with van der Waals surface area (Å²) in [6, 6.07) is 2.54. The summed E-state index contributed by atoms with van der Waals surface area (Å²) in [4.78, 5) is 67.3. The van der Waals surface area contributed by atoms with E-state index in [9.17, 15) is 36.4 Å². The van der Waals surface area contributed by atoms with Crippen molar-refractivity contribution in [1.82, 2.24) is 34.6 Å². The fourth-order valence-corrected chi connectivity index (χ4v) is 9.59. The maximum atomic E-state index is 14.9. The first-order chi connectivity index (χ1) is 27.9. The lowest BCUT2D eigenvalue weighted by atomic mass is 9.88. The standard InChI is InChI=1S/C41H52ClF2N7O8S/c1-22-10-8-9-11-25-19-41(25,35(54)49-60(56,57)39(6)14-15-39)48-32(52)30-18-27(58-33-28-17-26(42)12-13-29(28)51-20-24(3)45-36(51)47-33)21-50(30)34(53)31(23(2)16-22)46-37(55)59-38(4,5)40(7,43)44/h9,11-13,17,20,22-23,25,27,30-31H,8,10,14-16,18-19,21H2,1-7H3,(H,46,55)(H,48,52)(H,49,54). The van der Waals surface area contributed by atoms with Crippen LogP contribution >= 0.6 is 11.6 Å². The lowest BCUT2D eigenvalue weighted by Crippen LogP contribution is -2.59. The molecule has 1 saturated heterocycles. The van der Waals surface area contributed by atoms with Crippen LogP contribution in [0.25, 0.3) is 16.7 Å². The zero-order valence-electron chi connectivity index (χ0n) is 34.7. The van der Waals surface area contributed by atoms with Gasteiger partial charge >= 0.3 is 6.09 Å². The van der Waals surface area contributed by atoms with Gasteiger partial charge in [0.05, 0.1) is 27.9 Å². The van der Waals surface area contributed by atoms with Gasteiger partial charge in [0, 0.05) is 30.5 Å². The maximum Gasteiger partial charge on any atom is 0.408 e. The fourth-order valence-electron chi connectivity index (χ4n) is 8.10. The van der Waals surface area contributed by atoms with Gasteiger partial charge < -0.3 is 25.0 Å². The second-order valence-corrected chi connectivity index (χ2v) is 20.6. The minimum atomic E-state index is -4.07. The Labute approximate surface area is 352 Å². The molecule has 7 rings (SSSR count). The molecule has 2 aliphatic carbocycles. The minimum Gasteiger partial charge on any atom is -0.472 e. The SMILES string of the molecule is Cc1cn2c(n1)nc(OC1CC3C(=O)NC4(C(=O)NS(=O)(=O)C5(C)CC5)CC4C=CCCC(C)CC(C)C(NC(=O)OC(C)(C)C(C)(F)F)C(=O)N3C1)c1cc(Cl)ccc12. The van der Waals surface area contributed by atoms with Crippen molar-refractivity contribution < 1.29 is 45.9 Å². The van der Waals surface area contributed by atoms with E-state index >= 15 is 0 Å². The monoisotopic (exact) mass is 875 g/mol. The number of allylic oxidation sites excluding steroid dienone is 1. The molecule has 0 spiro atoms. The predicted octanol–water partition coefficient (Wildman–Crippen LogP) is 5.61. The highest BCUT2D eigenvalue weighted by atomic mass is 35.5. The largest absolute Gasteiger partial charge is 0.472 e. The van der Waals surface area contributed by atoms with Crippen LogP contribution in [-0.4, -0.2) is 98.0 Å². The zero-order valence-corrected chi connectivity index (χ0v) is 36.3. The summed E-state index contributed by atoms with van der Waals surface area (Å²) < 4.78 is 70.0. The molecule has 3 fully saturated rings. The number of rotatable bonds is 8. The first-order valence-electron chi connectivity index (χ1n) is 20.3. The van der Waals surface area contributed by atoms with Crippen molar-refractivity contribution in [3.63, 3.8) is 0 Å². The third kappa shape index (κ3) is 8.37. The smallest absolute Gasteiger partial charge is 0.408 e. The number of halogens is 3. The van der Waals surface area contributed by atoms with Crippen molar-refractivity contribution in [2.45, 2.75) is 133 Å². The molecule has 4 heterocycles. The Hall–Kier alpha value is -4.58. The summed E-state index contributed by atoms with van der Waals surface area (Å²) in [5.74, 6) is -6.38. The Morgan fingerprint density at radius 3 is 2.50 bits per heavy atom. The number of ether oxygens (including phenoxy) is 2. The number of aryl methyl sites for hydroxylation is 1. The lowest BCUT2D eigenvalue weighted by Gasteiger charge is -2.35. The van der Waals surface area contributed by atoms with Crippen molar-refractivity contribution in [3.8, 4) is 5.88 Å². The summed E-state index contributed by atoms with van der Waals surface area (Å²) in [6.45, 7) is 9.66. The number of sulfonamides is 1. The average Bonchev–Trinajstić information content (AvgIpc) is 3.96. The normalized spacial score (nSPS) is 28.5. The molecule has 326 valence electrons. The highest BCUT2D eigenvalue weighted by Crippen LogP contribution is 2.48. The number of carbonyl (C=O) groups excluding carboxylic acids is 4. The number of fused-ring (bicyclic) bond motifs is 5. The van der Waals surface area contributed by atoms with E-state index in [1.807, 2.05) is 32.2 Å². The lowest BCUT2D eigenvalue weighted by molar-refractivity contribution is -0.152. The van der Waals surface area contributed by atoms with Crippen LogP contribution in [0.15, 0.2) is 36.5 Å². The van der Waals surface area contributed by atoms with E-state index in [4.69, 9.17) is 21.1 Å². The Bertz CT molecular complexity index is 2380. The van der Waals surface area contributed by atoms with Gasteiger partial charge in [-0.05, 0) is 96.3 Å². The van der Waals surface area contributed by atoms with Crippen LogP contribution in [0.1, 0.15) is 92.2 Å². The number of hydrogen-bond donors (Lipinski definition) is 3. The Balaban J connectivity index is 1.26. The van der Waals surface area contributed by atoms with Crippen molar-refractivity contribution in [2.24, 2.45) is 17.8 Å². The van der Waals surface area contributed by atoms with E-state index in [1.165, 1.54) is 4.90 Å². The predicted molar refractivity (Wildman–Crippen MR) is 218 cm³/mol. The summed E-state index contributed by atoms with van der Waals surface area (Å²) in [5.41, 5.74) is -2.48. The molecule has 19 heteroatoms. The summed E-state index contributed by atoms with van der Waals surface area (Å²) >= 11 is 6.42. The van der Waals surface area contributed by atoms with Gasteiger partial charge in [-0.2, -0.15) is 4.98 Å². The molecule has 3 N–H and O–H groups in total. The van der Waals surface area contributed by atoms with Gasteiger partial charge in [0.1, 0.15) is 23.7 Å². The molecule has 2 aliphatic heterocycles. The third-order valence-corrected chi connectivity index (χ3v) is 15.1. The molecule has 3 aromatic rings. The number of amides is 4. The molecular weight excluding hydrogens is 824 g/mol. The number of carbonyl (C=O) groups is 4. The van der Waals surface area contributed by atoms with Crippen LogP contribution in [0.3, 0.4) is 0 Å². The molecule has 2 aromatic heterocycles. The summed E-state index contributed by atoms with van der Waals surface area (Å²) in [7, 11) is -4.07. The van der Waals surface area contributed by atoms with E-state index in [2.05, 4.69) is 25.3 Å². The number of imidazole rings is 1. The first kappa shape index (κ1) is 43.5. The fraction of sp³-hybridized carbons (Fsp3) is 0.610. The average molecular weight is 876 g/mol. The quantitative estimate of drug-likeness (QED) is 0.240. The van der Waals surface area contributed by atoms with Crippen LogP contribution in [0, 0.1) is 24.7 Å². The van der Waals surface area contributed by atoms with Crippen molar-refractivity contribution in [3.05, 3.63) is 47.3 Å². The van der Waals surface area contributed by atoms with E-state index in [0.717, 1.165) is 13.8 Å². The molecule has 2 saturated carbocycles. The number of hydrogen-bond acceptors (Lipinski definition) is 10. The second kappa shape index (κ2) is 15.4. The molecular formula is C41H52ClF2N7O8S. The van der Waals surface area contributed by atoms with Crippen LogP contribution in [0.5, 0.6) is 5.88 Å². The number of nitrogens with one attached hydrogen (secondary N) is 3. The van der Waals surface area contributed by atoms with Crippen molar-refractivity contribution in [2.75, 3.05) is 6.54 Å². The van der Waals surface area contributed by atoms with E-state index < -0.39 is 85.7 Å². The molecule has 60 heavy (non-hydrogen) atoms.